The van der Waals surface area contributed by atoms with Gasteiger partial charge in [-0.2, -0.15) is 0 Å². The summed E-state index contributed by atoms with van der Waals surface area (Å²) in [5.41, 5.74) is 0.0459. The fourth-order valence-electron chi connectivity index (χ4n) is 1.70. The van der Waals surface area contributed by atoms with Crippen molar-refractivity contribution in [3.05, 3.63) is 38.9 Å². The topological polar surface area (TPSA) is 63.5 Å². The Morgan fingerprint density at radius 1 is 1.42 bits per heavy atom. The fraction of sp³-hybridized carbons (Fsp3) is 0.462. The van der Waals surface area contributed by atoms with E-state index in [1.165, 1.54) is 18.2 Å². The summed E-state index contributed by atoms with van der Waals surface area (Å²) in [4.78, 5) is 23.9. The van der Waals surface area contributed by atoms with Gasteiger partial charge >= 0.3 is 0 Å². The Kier molecular flexibility index (Phi) is 5.76. The van der Waals surface area contributed by atoms with E-state index < -0.39 is 4.92 Å². The van der Waals surface area contributed by atoms with Crippen LogP contribution in [0.4, 0.5) is 5.69 Å². The lowest BCUT2D eigenvalue weighted by molar-refractivity contribution is -0.384. The van der Waals surface area contributed by atoms with E-state index in [1.54, 1.807) is 11.9 Å². The van der Waals surface area contributed by atoms with E-state index in [4.69, 9.17) is 11.6 Å². The highest BCUT2D eigenvalue weighted by Crippen LogP contribution is 2.23. The lowest BCUT2D eigenvalue weighted by Gasteiger charge is -2.17. The van der Waals surface area contributed by atoms with E-state index in [0.717, 1.165) is 19.3 Å². The molecule has 0 radical (unpaired) electrons. The van der Waals surface area contributed by atoms with Gasteiger partial charge in [-0.1, -0.05) is 31.4 Å². The SMILES string of the molecule is CCCCCN(C)C(=O)c1cc([N+](=O)[O-])ccc1Cl. The van der Waals surface area contributed by atoms with Gasteiger partial charge < -0.3 is 4.90 Å². The first-order valence-corrected chi connectivity index (χ1v) is 6.54. The third kappa shape index (κ3) is 4.21. The largest absolute Gasteiger partial charge is 0.342 e. The molecule has 0 heterocycles. The Labute approximate surface area is 117 Å². The van der Waals surface area contributed by atoms with Crippen LogP contribution in [0.3, 0.4) is 0 Å². The van der Waals surface area contributed by atoms with Gasteiger partial charge in [0, 0.05) is 25.7 Å². The Morgan fingerprint density at radius 3 is 2.68 bits per heavy atom. The van der Waals surface area contributed by atoms with Gasteiger partial charge in [-0.15, -0.1) is 0 Å². The first kappa shape index (κ1) is 15.4. The summed E-state index contributed by atoms with van der Waals surface area (Å²) in [6.07, 6.45) is 3.02. The van der Waals surface area contributed by atoms with Crippen molar-refractivity contribution < 1.29 is 9.72 Å². The molecule has 0 spiro atoms. The molecule has 1 aromatic carbocycles. The summed E-state index contributed by atoms with van der Waals surface area (Å²) in [6.45, 7) is 2.70. The highest BCUT2D eigenvalue weighted by atomic mass is 35.5. The number of hydrogen-bond donors (Lipinski definition) is 0. The Hall–Kier alpha value is -1.62. The molecule has 0 aliphatic carbocycles. The highest BCUT2D eigenvalue weighted by molar-refractivity contribution is 6.33. The van der Waals surface area contributed by atoms with Crippen molar-refractivity contribution in [3.63, 3.8) is 0 Å². The highest BCUT2D eigenvalue weighted by Gasteiger charge is 2.18. The molecule has 0 saturated heterocycles. The monoisotopic (exact) mass is 284 g/mol. The number of hydrogen-bond acceptors (Lipinski definition) is 3. The number of nitro groups is 1. The Balaban J connectivity index is 2.86. The lowest BCUT2D eigenvalue weighted by atomic mass is 10.1. The van der Waals surface area contributed by atoms with Gasteiger partial charge in [-0.25, -0.2) is 0 Å². The molecule has 0 aliphatic rings. The molecule has 1 rings (SSSR count). The third-order valence-electron chi connectivity index (χ3n) is 2.83. The second kappa shape index (κ2) is 7.09. The second-order valence-corrected chi connectivity index (χ2v) is 4.76. The molecule has 0 aliphatic heterocycles. The van der Waals surface area contributed by atoms with Gasteiger partial charge in [0.15, 0.2) is 0 Å². The van der Waals surface area contributed by atoms with Gasteiger partial charge in [0.1, 0.15) is 0 Å². The molecule has 0 fully saturated rings. The van der Waals surface area contributed by atoms with Crippen LogP contribution in [0.1, 0.15) is 36.5 Å². The first-order chi connectivity index (χ1) is 8.97. The Bertz CT molecular complexity index is 477. The zero-order chi connectivity index (χ0) is 14.4. The normalized spacial score (nSPS) is 10.3. The lowest BCUT2D eigenvalue weighted by Crippen LogP contribution is -2.28. The van der Waals surface area contributed by atoms with Crippen molar-refractivity contribution >= 4 is 23.2 Å². The predicted molar refractivity (Wildman–Crippen MR) is 74.6 cm³/mol. The molecule has 0 unspecified atom stereocenters. The zero-order valence-corrected chi connectivity index (χ0v) is 11.8. The molecule has 1 aromatic rings. The van der Waals surface area contributed by atoms with Crippen molar-refractivity contribution in [3.8, 4) is 0 Å². The summed E-state index contributed by atoms with van der Waals surface area (Å²) in [5, 5.41) is 10.9. The molecule has 0 aromatic heterocycles. The number of carbonyl (C=O) groups excluding carboxylic acids is 1. The van der Waals surface area contributed by atoms with Crippen LogP contribution in [-0.2, 0) is 0 Å². The minimum atomic E-state index is -0.538. The minimum absolute atomic E-state index is 0.130. The summed E-state index contributed by atoms with van der Waals surface area (Å²) in [6, 6.07) is 3.89. The van der Waals surface area contributed by atoms with E-state index in [1.807, 2.05) is 0 Å². The smallest absolute Gasteiger partial charge is 0.270 e. The Morgan fingerprint density at radius 2 is 2.11 bits per heavy atom. The van der Waals surface area contributed by atoms with E-state index in [-0.39, 0.29) is 22.2 Å². The quantitative estimate of drug-likeness (QED) is 0.456. The molecule has 19 heavy (non-hydrogen) atoms. The molecule has 5 nitrogen and oxygen atoms in total. The molecule has 0 bridgehead atoms. The second-order valence-electron chi connectivity index (χ2n) is 4.36. The molecule has 0 saturated carbocycles. The van der Waals surface area contributed by atoms with Crippen LogP contribution >= 0.6 is 11.6 Å². The predicted octanol–water partition coefficient (Wildman–Crippen LogP) is 3.51. The van der Waals surface area contributed by atoms with Crippen molar-refractivity contribution in [2.75, 3.05) is 13.6 Å². The van der Waals surface area contributed by atoms with Gasteiger partial charge in [-0.3, -0.25) is 14.9 Å². The standard InChI is InChI=1S/C13H17ClN2O3/c1-3-4-5-8-15(2)13(17)11-9-10(16(18)19)6-7-12(11)14/h6-7,9H,3-5,8H2,1-2H3. The number of unbranched alkanes of at least 4 members (excludes halogenated alkanes) is 2. The molecule has 6 heteroatoms. The maximum Gasteiger partial charge on any atom is 0.270 e. The van der Waals surface area contributed by atoms with Crippen LogP contribution in [-0.4, -0.2) is 29.3 Å². The van der Waals surface area contributed by atoms with Crippen LogP contribution in [0.15, 0.2) is 18.2 Å². The first-order valence-electron chi connectivity index (χ1n) is 6.16. The van der Waals surface area contributed by atoms with Crippen LogP contribution in [0.25, 0.3) is 0 Å². The van der Waals surface area contributed by atoms with Gasteiger partial charge in [-0.05, 0) is 12.5 Å². The molecular formula is C13H17ClN2O3. The number of non-ortho nitro benzene ring substituents is 1. The summed E-state index contributed by atoms with van der Waals surface area (Å²) in [7, 11) is 1.67. The maximum atomic E-state index is 12.2. The van der Waals surface area contributed by atoms with Crippen LogP contribution in [0, 0.1) is 10.1 Å². The van der Waals surface area contributed by atoms with E-state index in [9.17, 15) is 14.9 Å². The summed E-state index contributed by atoms with van der Waals surface area (Å²) >= 11 is 5.93. The number of nitrogens with zero attached hydrogens (tertiary/aromatic N) is 2. The van der Waals surface area contributed by atoms with Gasteiger partial charge in [0.2, 0.25) is 0 Å². The van der Waals surface area contributed by atoms with Gasteiger partial charge in [0.25, 0.3) is 11.6 Å². The minimum Gasteiger partial charge on any atom is -0.342 e. The number of carbonyl (C=O) groups is 1. The van der Waals surface area contributed by atoms with E-state index >= 15 is 0 Å². The maximum absolute atomic E-state index is 12.2. The summed E-state index contributed by atoms with van der Waals surface area (Å²) < 4.78 is 0. The van der Waals surface area contributed by atoms with Crippen molar-refractivity contribution in [1.29, 1.82) is 0 Å². The number of nitro benzene ring substituents is 1. The molecule has 0 N–H and O–H groups in total. The van der Waals surface area contributed by atoms with Crippen molar-refractivity contribution in [2.45, 2.75) is 26.2 Å². The van der Waals surface area contributed by atoms with Crippen molar-refractivity contribution in [2.24, 2.45) is 0 Å². The number of rotatable bonds is 6. The van der Waals surface area contributed by atoms with Crippen LogP contribution < -0.4 is 0 Å². The van der Waals surface area contributed by atoms with Crippen LogP contribution in [0.5, 0.6) is 0 Å². The fourth-order valence-corrected chi connectivity index (χ4v) is 1.90. The summed E-state index contributed by atoms with van der Waals surface area (Å²) in [5.74, 6) is -0.287. The number of halogens is 1. The number of benzene rings is 1. The van der Waals surface area contributed by atoms with Crippen molar-refractivity contribution in [1.82, 2.24) is 4.90 Å². The average Bonchev–Trinajstić information content (AvgIpc) is 2.38. The molecule has 104 valence electrons. The van der Waals surface area contributed by atoms with Crippen LogP contribution in [0.2, 0.25) is 5.02 Å². The van der Waals surface area contributed by atoms with Gasteiger partial charge in [0.05, 0.1) is 15.5 Å². The number of amides is 1. The zero-order valence-electron chi connectivity index (χ0n) is 11.1. The third-order valence-corrected chi connectivity index (χ3v) is 3.16. The average molecular weight is 285 g/mol. The van der Waals surface area contributed by atoms with E-state index in [0.29, 0.717) is 6.54 Å². The molecular weight excluding hydrogens is 268 g/mol. The van der Waals surface area contributed by atoms with E-state index in [2.05, 4.69) is 6.92 Å². The molecule has 0 atom stereocenters. The molecule has 1 amide bonds.